The lowest BCUT2D eigenvalue weighted by atomic mass is 9.96. The number of carbonyl (C=O) groups excluding carboxylic acids is 1. The maximum Gasteiger partial charge on any atom is 0.305 e. The van der Waals surface area contributed by atoms with Crippen LogP contribution in [0, 0.1) is 5.41 Å². The molecule has 0 bridgehead atoms. The Labute approximate surface area is 240 Å². The van der Waals surface area contributed by atoms with E-state index in [1.54, 1.807) is 18.2 Å². The lowest BCUT2D eigenvalue weighted by Gasteiger charge is -2.22. The van der Waals surface area contributed by atoms with Gasteiger partial charge in [-0.2, -0.15) is 0 Å². The molecule has 0 fully saturated rings. The molecule has 0 saturated carbocycles. The molecule has 0 aliphatic rings. The van der Waals surface area contributed by atoms with Crippen LogP contribution in [0.3, 0.4) is 0 Å². The molecular weight excluding hydrogens is 524 g/mol. The Morgan fingerprint density at radius 2 is 1.57 bits per heavy atom. The SMILES string of the molecule is CC(C)(C)CNc1ccc(Cl)cc1C(=O)NC(CC(=O)O)c1ccc(-c2ccccc2Oc2ccccc2)cc1. The summed E-state index contributed by atoms with van der Waals surface area (Å²) in [5, 5.41) is 16.2. The highest BCUT2D eigenvalue weighted by atomic mass is 35.5. The number of carboxylic acid groups (broad SMARTS) is 1. The number of ether oxygens (including phenoxy) is 1. The molecule has 1 atom stereocenters. The van der Waals surface area contributed by atoms with Crippen LogP contribution in [0.1, 0.15) is 49.2 Å². The molecule has 4 aromatic rings. The van der Waals surface area contributed by atoms with Crippen molar-refractivity contribution in [3.8, 4) is 22.6 Å². The molecule has 40 heavy (non-hydrogen) atoms. The van der Waals surface area contributed by atoms with Gasteiger partial charge < -0.3 is 20.5 Å². The Morgan fingerprint density at radius 1 is 0.900 bits per heavy atom. The zero-order valence-corrected chi connectivity index (χ0v) is 23.5. The van der Waals surface area contributed by atoms with Crippen LogP contribution in [-0.2, 0) is 4.79 Å². The van der Waals surface area contributed by atoms with E-state index < -0.39 is 17.9 Å². The fraction of sp³-hybridized carbons (Fsp3) is 0.212. The minimum atomic E-state index is -1.02. The van der Waals surface area contributed by atoms with E-state index in [2.05, 4.69) is 31.4 Å². The fourth-order valence-electron chi connectivity index (χ4n) is 4.19. The first-order valence-electron chi connectivity index (χ1n) is 13.1. The van der Waals surface area contributed by atoms with Crippen molar-refractivity contribution in [2.45, 2.75) is 33.2 Å². The van der Waals surface area contributed by atoms with Gasteiger partial charge >= 0.3 is 5.97 Å². The summed E-state index contributed by atoms with van der Waals surface area (Å²) < 4.78 is 6.11. The fourth-order valence-corrected chi connectivity index (χ4v) is 4.36. The molecule has 4 rings (SSSR count). The van der Waals surface area contributed by atoms with Gasteiger partial charge in [0.1, 0.15) is 11.5 Å². The van der Waals surface area contributed by atoms with Gasteiger partial charge in [-0.1, -0.05) is 93.0 Å². The lowest BCUT2D eigenvalue weighted by molar-refractivity contribution is -0.137. The van der Waals surface area contributed by atoms with E-state index in [0.29, 0.717) is 34.1 Å². The van der Waals surface area contributed by atoms with Crippen LogP contribution in [0.25, 0.3) is 11.1 Å². The second kappa shape index (κ2) is 12.7. The Balaban J connectivity index is 1.57. The molecule has 206 valence electrons. The molecule has 1 unspecified atom stereocenters. The summed E-state index contributed by atoms with van der Waals surface area (Å²) in [5.41, 5.74) is 3.45. The summed E-state index contributed by atoms with van der Waals surface area (Å²) in [6, 6.07) is 29.1. The van der Waals surface area contributed by atoms with Crippen molar-refractivity contribution >= 4 is 29.2 Å². The number of hydrogen-bond acceptors (Lipinski definition) is 4. The second-order valence-corrected chi connectivity index (χ2v) is 11.2. The highest BCUT2D eigenvalue weighted by Gasteiger charge is 2.22. The van der Waals surface area contributed by atoms with E-state index >= 15 is 0 Å². The van der Waals surface area contributed by atoms with Crippen LogP contribution in [0.2, 0.25) is 5.02 Å². The first kappa shape index (κ1) is 28.7. The van der Waals surface area contributed by atoms with E-state index in [1.165, 1.54) is 0 Å². The van der Waals surface area contributed by atoms with E-state index in [-0.39, 0.29) is 11.8 Å². The molecule has 0 aromatic heterocycles. The normalized spacial score (nSPS) is 11.9. The summed E-state index contributed by atoms with van der Waals surface area (Å²) in [5.74, 6) is 0.00487. The average Bonchev–Trinajstić information content (AvgIpc) is 2.92. The number of nitrogens with one attached hydrogen (secondary N) is 2. The largest absolute Gasteiger partial charge is 0.481 e. The summed E-state index contributed by atoms with van der Waals surface area (Å²) in [7, 11) is 0. The smallest absolute Gasteiger partial charge is 0.305 e. The summed E-state index contributed by atoms with van der Waals surface area (Å²) in [4.78, 5) is 25.1. The molecule has 3 N–H and O–H groups in total. The highest BCUT2D eigenvalue weighted by Crippen LogP contribution is 2.34. The van der Waals surface area contributed by atoms with Crippen LogP contribution in [0.5, 0.6) is 11.5 Å². The predicted molar refractivity (Wildman–Crippen MR) is 160 cm³/mol. The van der Waals surface area contributed by atoms with E-state index in [4.69, 9.17) is 16.3 Å². The molecule has 4 aromatic carbocycles. The van der Waals surface area contributed by atoms with Crippen molar-refractivity contribution in [2.24, 2.45) is 5.41 Å². The molecular formula is C33H33ClN2O4. The number of hydrogen-bond donors (Lipinski definition) is 3. The van der Waals surface area contributed by atoms with Crippen LogP contribution < -0.4 is 15.4 Å². The lowest BCUT2D eigenvalue weighted by Crippen LogP contribution is -2.31. The van der Waals surface area contributed by atoms with Crippen LogP contribution >= 0.6 is 11.6 Å². The second-order valence-electron chi connectivity index (χ2n) is 10.8. The number of rotatable bonds is 10. The number of amides is 1. The van der Waals surface area contributed by atoms with Gasteiger partial charge in [0.25, 0.3) is 5.91 Å². The topological polar surface area (TPSA) is 87.7 Å². The van der Waals surface area contributed by atoms with Gasteiger partial charge in [-0.25, -0.2) is 0 Å². The predicted octanol–water partition coefficient (Wildman–Crippen LogP) is 8.20. The maximum absolute atomic E-state index is 13.4. The number of carboxylic acids is 1. The molecule has 0 saturated heterocycles. The van der Waals surface area contributed by atoms with Gasteiger partial charge in [0.05, 0.1) is 18.0 Å². The summed E-state index contributed by atoms with van der Waals surface area (Å²) >= 11 is 6.22. The van der Waals surface area contributed by atoms with Gasteiger partial charge in [-0.3, -0.25) is 9.59 Å². The standard InChI is InChI=1S/C33H33ClN2O4/c1-33(2,3)21-35-28-18-17-24(34)19-27(28)32(39)36-29(20-31(37)38)23-15-13-22(14-16-23)26-11-7-8-12-30(26)40-25-9-5-4-6-10-25/h4-19,29,35H,20-21H2,1-3H3,(H,36,39)(H,37,38). The Hall–Kier alpha value is -4.29. The number of benzene rings is 4. The number of carbonyl (C=O) groups is 2. The minimum absolute atomic E-state index is 0.00821. The number of halogens is 1. The third-order valence-corrected chi connectivity index (χ3v) is 6.44. The average molecular weight is 557 g/mol. The molecule has 0 spiro atoms. The van der Waals surface area contributed by atoms with Gasteiger partial charge in [0.15, 0.2) is 0 Å². The van der Waals surface area contributed by atoms with Crippen LogP contribution in [-0.4, -0.2) is 23.5 Å². The van der Waals surface area contributed by atoms with Crippen LogP contribution in [0.4, 0.5) is 5.69 Å². The van der Waals surface area contributed by atoms with Gasteiger partial charge in [0.2, 0.25) is 0 Å². The zero-order chi connectivity index (χ0) is 28.7. The molecule has 0 aliphatic carbocycles. The Morgan fingerprint density at radius 3 is 2.25 bits per heavy atom. The molecule has 0 aliphatic heterocycles. The van der Waals surface area contributed by atoms with Crippen molar-refractivity contribution in [2.75, 3.05) is 11.9 Å². The summed E-state index contributed by atoms with van der Waals surface area (Å²) in [6.45, 7) is 6.92. The van der Waals surface area contributed by atoms with Gasteiger partial charge in [0, 0.05) is 22.8 Å². The van der Waals surface area contributed by atoms with E-state index in [9.17, 15) is 14.7 Å². The van der Waals surface area contributed by atoms with Crippen molar-refractivity contribution < 1.29 is 19.4 Å². The maximum atomic E-state index is 13.4. The third-order valence-electron chi connectivity index (χ3n) is 6.20. The molecule has 1 amide bonds. The number of para-hydroxylation sites is 2. The quantitative estimate of drug-likeness (QED) is 0.183. The molecule has 0 heterocycles. The third kappa shape index (κ3) is 7.87. The Bertz CT molecular complexity index is 1460. The summed E-state index contributed by atoms with van der Waals surface area (Å²) in [6.07, 6.45) is -0.274. The van der Waals surface area contributed by atoms with E-state index in [1.807, 2.05) is 78.9 Å². The molecule has 7 heteroatoms. The van der Waals surface area contributed by atoms with E-state index in [0.717, 1.165) is 16.9 Å². The van der Waals surface area contributed by atoms with Crippen molar-refractivity contribution in [1.82, 2.24) is 5.32 Å². The number of anilines is 1. The monoisotopic (exact) mass is 556 g/mol. The van der Waals surface area contributed by atoms with Gasteiger partial charge in [-0.05, 0) is 52.9 Å². The zero-order valence-electron chi connectivity index (χ0n) is 22.8. The molecule has 6 nitrogen and oxygen atoms in total. The highest BCUT2D eigenvalue weighted by molar-refractivity contribution is 6.31. The van der Waals surface area contributed by atoms with Crippen molar-refractivity contribution in [3.05, 3.63) is 113 Å². The molecule has 0 radical (unpaired) electrons. The first-order valence-corrected chi connectivity index (χ1v) is 13.5. The number of aliphatic carboxylic acids is 1. The first-order chi connectivity index (χ1) is 19.1. The van der Waals surface area contributed by atoms with Gasteiger partial charge in [-0.15, -0.1) is 0 Å². The van der Waals surface area contributed by atoms with Crippen molar-refractivity contribution in [1.29, 1.82) is 0 Å². The minimum Gasteiger partial charge on any atom is -0.481 e. The Kier molecular flexibility index (Phi) is 9.12. The van der Waals surface area contributed by atoms with Crippen LogP contribution in [0.15, 0.2) is 97.1 Å². The van der Waals surface area contributed by atoms with Crippen molar-refractivity contribution in [3.63, 3.8) is 0 Å².